The molecule has 0 saturated heterocycles. The van der Waals surface area contributed by atoms with Crippen molar-refractivity contribution >= 4 is 11.6 Å². The monoisotopic (exact) mass is 264 g/mol. The fourth-order valence-electron chi connectivity index (χ4n) is 1.60. The Kier molecular flexibility index (Phi) is 3.46. The number of aromatic nitrogens is 3. The van der Waals surface area contributed by atoms with Crippen LogP contribution in [0.4, 0.5) is 10.1 Å². The predicted octanol–water partition coefficient (Wildman–Crippen LogP) is 0.668. The van der Waals surface area contributed by atoms with Gasteiger partial charge in [0.2, 0.25) is 5.91 Å². The molecule has 0 aliphatic rings. The van der Waals surface area contributed by atoms with Crippen LogP contribution >= 0.6 is 0 Å². The Bertz CT molecular complexity index is 675. The average molecular weight is 264 g/mol. The van der Waals surface area contributed by atoms with Crippen molar-refractivity contribution in [2.75, 3.05) is 5.32 Å². The lowest BCUT2D eigenvalue weighted by molar-refractivity contribution is -0.117. The van der Waals surface area contributed by atoms with Crippen LogP contribution in [0.25, 0.3) is 0 Å². The Hall–Kier alpha value is -2.44. The highest BCUT2D eigenvalue weighted by molar-refractivity contribution is 5.90. The summed E-state index contributed by atoms with van der Waals surface area (Å²) in [4.78, 5) is 23.4. The van der Waals surface area contributed by atoms with Gasteiger partial charge in [-0.05, 0) is 25.1 Å². The summed E-state index contributed by atoms with van der Waals surface area (Å²) in [6.45, 7) is 1.46. The smallest absolute Gasteiger partial charge is 0.324 e. The number of aryl methyl sites for hydroxylation is 1. The first-order valence-corrected chi connectivity index (χ1v) is 5.63. The predicted molar refractivity (Wildman–Crippen MR) is 67.2 cm³/mol. The van der Waals surface area contributed by atoms with Crippen LogP contribution in [0.1, 0.15) is 5.82 Å². The number of anilines is 1. The SMILES string of the molecule is Cc1nn(CC(=O)Nc2cccc(F)c2)c(=O)n1C. The number of halogens is 1. The van der Waals surface area contributed by atoms with Crippen LogP contribution in [0, 0.1) is 12.7 Å². The summed E-state index contributed by atoms with van der Waals surface area (Å²) in [5.74, 6) is -0.363. The zero-order chi connectivity index (χ0) is 14.0. The summed E-state index contributed by atoms with van der Waals surface area (Å²) in [7, 11) is 1.58. The summed E-state index contributed by atoms with van der Waals surface area (Å²) in [5, 5.41) is 6.44. The Morgan fingerprint density at radius 2 is 2.21 bits per heavy atom. The highest BCUT2D eigenvalue weighted by Crippen LogP contribution is 2.08. The van der Waals surface area contributed by atoms with E-state index < -0.39 is 11.7 Å². The summed E-state index contributed by atoms with van der Waals surface area (Å²) in [6, 6.07) is 5.53. The molecule has 0 saturated carbocycles. The van der Waals surface area contributed by atoms with Crippen molar-refractivity contribution in [3.63, 3.8) is 0 Å². The van der Waals surface area contributed by atoms with Crippen molar-refractivity contribution in [2.45, 2.75) is 13.5 Å². The lowest BCUT2D eigenvalue weighted by Gasteiger charge is -2.04. The van der Waals surface area contributed by atoms with E-state index in [1.807, 2.05) is 0 Å². The molecule has 0 spiro atoms. The van der Waals surface area contributed by atoms with E-state index in [2.05, 4.69) is 10.4 Å². The van der Waals surface area contributed by atoms with Gasteiger partial charge >= 0.3 is 5.69 Å². The van der Waals surface area contributed by atoms with Crippen molar-refractivity contribution in [3.05, 3.63) is 46.4 Å². The topological polar surface area (TPSA) is 68.9 Å². The van der Waals surface area contributed by atoms with Crippen molar-refractivity contribution < 1.29 is 9.18 Å². The van der Waals surface area contributed by atoms with Gasteiger partial charge < -0.3 is 5.32 Å². The number of carbonyl (C=O) groups excluding carboxylic acids is 1. The Morgan fingerprint density at radius 3 is 2.79 bits per heavy atom. The second-order valence-corrected chi connectivity index (χ2v) is 4.10. The third kappa shape index (κ3) is 2.87. The van der Waals surface area contributed by atoms with Gasteiger partial charge in [-0.15, -0.1) is 0 Å². The van der Waals surface area contributed by atoms with Crippen molar-refractivity contribution in [1.29, 1.82) is 0 Å². The molecule has 100 valence electrons. The molecule has 0 atom stereocenters. The molecule has 1 aromatic carbocycles. The van der Waals surface area contributed by atoms with Gasteiger partial charge in [0.15, 0.2) is 0 Å². The Labute approximate surface area is 108 Å². The van der Waals surface area contributed by atoms with Gasteiger partial charge in [-0.1, -0.05) is 6.07 Å². The number of hydrogen-bond acceptors (Lipinski definition) is 3. The van der Waals surface area contributed by atoms with Gasteiger partial charge in [-0.3, -0.25) is 9.36 Å². The second-order valence-electron chi connectivity index (χ2n) is 4.10. The number of benzene rings is 1. The Balaban J connectivity index is 2.10. The number of carbonyl (C=O) groups is 1. The van der Waals surface area contributed by atoms with Crippen LogP contribution in [0.3, 0.4) is 0 Å². The van der Waals surface area contributed by atoms with E-state index in [0.717, 1.165) is 4.68 Å². The number of nitrogens with one attached hydrogen (secondary N) is 1. The van der Waals surface area contributed by atoms with Crippen LogP contribution in [0.2, 0.25) is 0 Å². The minimum Gasteiger partial charge on any atom is -0.324 e. The van der Waals surface area contributed by atoms with Gasteiger partial charge in [0.05, 0.1) is 0 Å². The fourth-order valence-corrected chi connectivity index (χ4v) is 1.60. The molecule has 0 aliphatic carbocycles. The molecule has 2 aromatic rings. The molecular weight excluding hydrogens is 251 g/mol. The molecule has 0 fully saturated rings. The molecule has 0 unspecified atom stereocenters. The lowest BCUT2D eigenvalue weighted by atomic mass is 10.3. The molecule has 6 nitrogen and oxygen atoms in total. The molecule has 2 rings (SSSR count). The summed E-state index contributed by atoms with van der Waals surface area (Å²) >= 11 is 0. The number of hydrogen-bond donors (Lipinski definition) is 1. The van der Waals surface area contributed by atoms with E-state index in [9.17, 15) is 14.0 Å². The molecule has 19 heavy (non-hydrogen) atoms. The van der Waals surface area contributed by atoms with E-state index in [1.54, 1.807) is 20.0 Å². The van der Waals surface area contributed by atoms with E-state index in [-0.39, 0.29) is 12.2 Å². The molecule has 0 aliphatic heterocycles. The molecule has 1 amide bonds. The van der Waals surface area contributed by atoms with E-state index in [4.69, 9.17) is 0 Å². The first kappa shape index (κ1) is 13.0. The van der Waals surface area contributed by atoms with Gasteiger partial charge in [-0.2, -0.15) is 5.10 Å². The van der Waals surface area contributed by atoms with Gasteiger partial charge in [0.25, 0.3) is 0 Å². The fraction of sp³-hybridized carbons (Fsp3) is 0.250. The quantitative estimate of drug-likeness (QED) is 0.885. The van der Waals surface area contributed by atoms with E-state index in [1.165, 1.54) is 22.8 Å². The highest BCUT2D eigenvalue weighted by atomic mass is 19.1. The first-order chi connectivity index (χ1) is 8.97. The van der Waals surface area contributed by atoms with Crippen molar-refractivity contribution in [2.24, 2.45) is 7.05 Å². The maximum Gasteiger partial charge on any atom is 0.346 e. The molecule has 0 radical (unpaired) electrons. The number of nitrogens with zero attached hydrogens (tertiary/aromatic N) is 3. The molecular formula is C12H13FN4O2. The molecule has 1 heterocycles. The lowest BCUT2D eigenvalue weighted by Crippen LogP contribution is -2.29. The minimum absolute atomic E-state index is 0.211. The van der Waals surface area contributed by atoms with E-state index in [0.29, 0.717) is 11.5 Å². The molecule has 0 bridgehead atoms. The normalized spacial score (nSPS) is 10.5. The zero-order valence-corrected chi connectivity index (χ0v) is 10.6. The van der Waals surface area contributed by atoms with Crippen LogP contribution < -0.4 is 11.0 Å². The minimum atomic E-state index is -0.441. The van der Waals surface area contributed by atoms with Crippen molar-refractivity contribution in [1.82, 2.24) is 14.3 Å². The first-order valence-electron chi connectivity index (χ1n) is 5.63. The highest BCUT2D eigenvalue weighted by Gasteiger charge is 2.10. The maximum atomic E-state index is 12.9. The average Bonchev–Trinajstić information content (AvgIpc) is 2.57. The third-order valence-electron chi connectivity index (χ3n) is 2.66. The number of rotatable bonds is 3. The van der Waals surface area contributed by atoms with Crippen LogP contribution in [0.15, 0.2) is 29.1 Å². The molecule has 1 aromatic heterocycles. The summed E-state index contributed by atoms with van der Waals surface area (Å²) in [5.41, 5.74) is -0.0300. The van der Waals surface area contributed by atoms with Gasteiger partial charge in [0.1, 0.15) is 18.2 Å². The van der Waals surface area contributed by atoms with Gasteiger partial charge in [-0.25, -0.2) is 13.9 Å². The number of amides is 1. The summed E-state index contributed by atoms with van der Waals surface area (Å²) in [6.07, 6.45) is 0. The standard InChI is InChI=1S/C12H13FN4O2/c1-8-15-17(12(19)16(8)2)7-11(18)14-10-5-3-4-9(13)6-10/h3-6H,7H2,1-2H3,(H,14,18). The molecule has 7 heteroatoms. The second kappa shape index (κ2) is 5.05. The summed E-state index contributed by atoms with van der Waals surface area (Å²) < 4.78 is 15.3. The largest absolute Gasteiger partial charge is 0.346 e. The van der Waals surface area contributed by atoms with Crippen LogP contribution in [-0.2, 0) is 18.4 Å². The third-order valence-corrected chi connectivity index (χ3v) is 2.66. The van der Waals surface area contributed by atoms with Crippen molar-refractivity contribution in [3.8, 4) is 0 Å². The maximum absolute atomic E-state index is 12.9. The van der Waals surface area contributed by atoms with Crippen LogP contribution in [0.5, 0.6) is 0 Å². The Morgan fingerprint density at radius 1 is 1.47 bits per heavy atom. The van der Waals surface area contributed by atoms with Gasteiger partial charge in [0, 0.05) is 12.7 Å². The molecule has 1 N–H and O–H groups in total. The van der Waals surface area contributed by atoms with Crippen LogP contribution in [-0.4, -0.2) is 20.3 Å². The zero-order valence-electron chi connectivity index (χ0n) is 10.6. The van der Waals surface area contributed by atoms with E-state index >= 15 is 0 Å².